The average molecular weight is 591 g/mol. The fraction of sp³-hybridized carbons (Fsp3) is 0.280. The molecule has 0 spiro atoms. The Labute approximate surface area is 234 Å². The molecule has 1 aliphatic heterocycles. The predicted octanol–water partition coefficient (Wildman–Crippen LogP) is 1.47. The number of alkyl halides is 3. The summed E-state index contributed by atoms with van der Waals surface area (Å²) in [6, 6.07) is 12.5. The van der Waals surface area contributed by atoms with Crippen LogP contribution in [0.1, 0.15) is 16.2 Å². The summed E-state index contributed by atoms with van der Waals surface area (Å²) in [7, 11) is 0. The van der Waals surface area contributed by atoms with E-state index in [1.807, 2.05) is 0 Å². The molecule has 0 aliphatic carbocycles. The molecular weight excluding hydrogens is 569 g/mol. The number of hydrogen-bond acceptors (Lipinski definition) is 7. The normalized spacial score (nSPS) is 14.6. The lowest BCUT2D eigenvalue weighted by atomic mass is 9.98. The number of para-hydroxylation sites is 1. The Morgan fingerprint density at radius 1 is 1.10 bits per heavy atom. The number of aliphatic hydroxyl groups is 1. The second-order valence-electron chi connectivity index (χ2n) is 9.37. The van der Waals surface area contributed by atoms with Gasteiger partial charge in [-0.1, -0.05) is 23.7 Å². The standard InChI is InChI=1S/C25H22ClF3N8O4/c26-16-7-5-14(6-8-16)22-33-36(24(41)35(22)11-19(38)25(27,28)29)12-20-31-13-37(32-20)18-4-2-1-3-17(18)23(40)34-9-15(10-34)21(30)39/h1-8,13,15,19,38H,9-12H2,(H2,30,39)/t19-/m0/s1. The largest absolute Gasteiger partial charge is 0.416 e. The lowest BCUT2D eigenvalue weighted by molar-refractivity contribution is -0.207. The van der Waals surface area contributed by atoms with E-state index in [1.165, 1.54) is 40.2 Å². The number of aromatic nitrogens is 6. The van der Waals surface area contributed by atoms with Crippen molar-refractivity contribution >= 4 is 23.4 Å². The van der Waals surface area contributed by atoms with Crippen LogP contribution in [-0.2, 0) is 17.9 Å². The predicted molar refractivity (Wildman–Crippen MR) is 138 cm³/mol. The highest BCUT2D eigenvalue weighted by atomic mass is 35.5. The number of nitrogens with zero attached hydrogens (tertiary/aromatic N) is 7. The number of rotatable bonds is 8. The number of primary amides is 1. The van der Waals surface area contributed by atoms with Crippen molar-refractivity contribution in [3.05, 3.63) is 81.8 Å². The van der Waals surface area contributed by atoms with Gasteiger partial charge >= 0.3 is 11.9 Å². The third-order valence-electron chi connectivity index (χ3n) is 6.54. The number of likely N-dealkylation sites (tertiary alicyclic amines) is 1. The van der Waals surface area contributed by atoms with Crippen LogP contribution in [0.15, 0.2) is 59.7 Å². The highest BCUT2D eigenvalue weighted by Crippen LogP contribution is 2.25. The Bertz CT molecular complexity index is 1660. The molecule has 1 aliphatic rings. The van der Waals surface area contributed by atoms with Crippen LogP contribution in [0.3, 0.4) is 0 Å². The summed E-state index contributed by atoms with van der Waals surface area (Å²) < 4.78 is 42.3. The van der Waals surface area contributed by atoms with Gasteiger partial charge < -0.3 is 15.7 Å². The van der Waals surface area contributed by atoms with Gasteiger partial charge in [0.15, 0.2) is 17.8 Å². The molecule has 0 bridgehead atoms. The molecule has 41 heavy (non-hydrogen) atoms. The molecule has 1 saturated heterocycles. The second kappa shape index (κ2) is 10.8. The van der Waals surface area contributed by atoms with Gasteiger partial charge in [-0.05, 0) is 36.4 Å². The van der Waals surface area contributed by atoms with Crippen molar-refractivity contribution in [2.75, 3.05) is 13.1 Å². The number of nitrogens with two attached hydrogens (primary N) is 1. The summed E-state index contributed by atoms with van der Waals surface area (Å²) in [4.78, 5) is 43.1. The first kappa shape index (κ1) is 28.0. The fourth-order valence-electron chi connectivity index (χ4n) is 4.27. The van der Waals surface area contributed by atoms with Gasteiger partial charge in [0.1, 0.15) is 12.9 Å². The Hall–Kier alpha value is -4.50. The molecule has 2 aromatic heterocycles. The van der Waals surface area contributed by atoms with Gasteiger partial charge in [-0.2, -0.15) is 13.2 Å². The van der Waals surface area contributed by atoms with Crippen LogP contribution in [0.25, 0.3) is 17.1 Å². The number of hydrogen-bond donors (Lipinski definition) is 2. The van der Waals surface area contributed by atoms with Gasteiger partial charge in [-0.3, -0.25) is 14.2 Å². The van der Waals surface area contributed by atoms with E-state index in [2.05, 4.69) is 15.2 Å². The molecule has 1 atom stereocenters. The molecule has 214 valence electrons. The minimum absolute atomic E-state index is 0.0794. The summed E-state index contributed by atoms with van der Waals surface area (Å²) >= 11 is 5.91. The first-order chi connectivity index (χ1) is 19.4. The van der Waals surface area contributed by atoms with Crippen LogP contribution in [0.2, 0.25) is 5.02 Å². The van der Waals surface area contributed by atoms with Crippen LogP contribution < -0.4 is 11.4 Å². The maximum absolute atomic E-state index is 13.1. The smallest absolute Gasteiger partial charge is 0.382 e. The number of halogens is 4. The summed E-state index contributed by atoms with van der Waals surface area (Å²) in [5.41, 5.74) is 5.34. The van der Waals surface area contributed by atoms with E-state index in [0.717, 1.165) is 9.25 Å². The SMILES string of the molecule is NC(=O)C1CN(C(=O)c2ccccc2-n2cnc(Cn3nc(-c4ccc(Cl)cc4)n(C[C@H](O)C(F)(F)F)c3=O)n2)C1. The number of aliphatic hydroxyl groups excluding tert-OH is 1. The zero-order valence-electron chi connectivity index (χ0n) is 21.1. The maximum atomic E-state index is 13.1. The van der Waals surface area contributed by atoms with Gasteiger partial charge in [-0.15, -0.1) is 10.2 Å². The van der Waals surface area contributed by atoms with Crippen LogP contribution in [0.4, 0.5) is 13.2 Å². The Morgan fingerprint density at radius 3 is 2.44 bits per heavy atom. The number of amides is 2. The van der Waals surface area contributed by atoms with Crippen molar-refractivity contribution in [2.45, 2.75) is 25.4 Å². The van der Waals surface area contributed by atoms with Gasteiger partial charge in [-0.25, -0.2) is 19.1 Å². The van der Waals surface area contributed by atoms with Crippen molar-refractivity contribution in [3.63, 3.8) is 0 Å². The molecule has 0 radical (unpaired) electrons. The van der Waals surface area contributed by atoms with E-state index in [9.17, 15) is 32.7 Å². The van der Waals surface area contributed by atoms with E-state index >= 15 is 0 Å². The first-order valence-electron chi connectivity index (χ1n) is 12.2. The van der Waals surface area contributed by atoms with Gasteiger partial charge in [0.2, 0.25) is 5.91 Å². The second-order valence-corrected chi connectivity index (χ2v) is 9.81. The van der Waals surface area contributed by atoms with Crippen molar-refractivity contribution in [2.24, 2.45) is 11.7 Å². The third kappa shape index (κ3) is 5.71. The molecule has 0 saturated carbocycles. The van der Waals surface area contributed by atoms with Gasteiger partial charge in [0.05, 0.1) is 23.7 Å². The van der Waals surface area contributed by atoms with E-state index in [-0.39, 0.29) is 37.2 Å². The molecule has 12 nitrogen and oxygen atoms in total. The molecule has 2 amide bonds. The fourth-order valence-corrected chi connectivity index (χ4v) is 4.39. The lowest BCUT2D eigenvalue weighted by Gasteiger charge is -2.37. The topological polar surface area (TPSA) is 154 Å². The lowest BCUT2D eigenvalue weighted by Crippen LogP contribution is -2.54. The minimum atomic E-state index is -4.96. The van der Waals surface area contributed by atoms with Crippen LogP contribution in [-0.4, -0.2) is 76.3 Å². The highest BCUT2D eigenvalue weighted by Gasteiger charge is 2.39. The van der Waals surface area contributed by atoms with Crippen molar-refractivity contribution in [3.8, 4) is 17.1 Å². The molecule has 3 N–H and O–H groups in total. The molecule has 4 aromatic rings. The van der Waals surface area contributed by atoms with E-state index in [4.69, 9.17) is 17.3 Å². The highest BCUT2D eigenvalue weighted by molar-refractivity contribution is 6.30. The number of carbonyl (C=O) groups is 2. The van der Waals surface area contributed by atoms with E-state index < -0.39 is 36.3 Å². The molecule has 0 unspecified atom stereocenters. The van der Waals surface area contributed by atoms with Crippen LogP contribution in [0, 0.1) is 5.92 Å². The maximum Gasteiger partial charge on any atom is 0.416 e. The van der Waals surface area contributed by atoms with Gasteiger partial charge in [0.25, 0.3) is 5.91 Å². The summed E-state index contributed by atoms with van der Waals surface area (Å²) in [6.07, 6.45) is -6.44. The van der Waals surface area contributed by atoms with E-state index in [0.29, 0.717) is 21.8 Å². The zero-order valence-corrected chi connectivity index (χ0v) is 21.8. The summed E-state index contributed by atoms with van der Waals surface area (Å²) in [6.45, 7) is -0.986. The monoisotopic (exact) mass is 590 g/mol. The molecule has 1 fully saturated rings. The Kier molecular flexibility index (Phi) is 7.40. The third-order valence-corrected chi connectivity index (χ3v) is 6.79. The summed E-state index contributed by atoms with van der Waals surface area (Å²) in [5, 5.41) is 18.5. The van der Waals surface area contributed by atoms with Crippen LogP contribution >= 0.6 is 11.6 Å². The zero-order chi connectivity index (χ0) is 29.5. The molecule has 5 rings (SSSR count). The van der Waals surface area contributed by atoms with Crippen LogP contribution in [0.5, 0.6) is 0 Å². The van der Waals surface area contributed by atoms with E-state index in [1.54, 1.807) is 24.3 Å². The average Bonchev–Trinajstić information content (AvgIpc) is 3.48. The molecule has 2 aromatic carbocycles. The summed E-state index contributed by atoms with van der Waals surface area (Å²) in [5.74, 6) is -1.25. The van der Waals surface area contributed by atoms with Crippen molar-refractivity contribution < 1.29 is 27.9 Å². The molecular formula is C25H22ClF3N8O4. The molecule has 16 heteroatoms. The number of benzene rings is 2. The van der Waals surface area contributed by atoms with Crippen molar-refractivity contribution in [1.29, 1.82) is 0 Å². The number of carbonyl (C=O) groups excluding carboxylic acids is 2. The Morgan fingerprint density at radius 2 is 1.78 bits per heavy atom. The minimum Gasteiger partial charge on any atom is -0.382 e. The molecule has 3 heterocycles. The van der Waals surface area contributed by atoms with Crippen molar-refractivity contribution in [1.82, 2.24) is 34.0 Å². The first-order valence-corrected chi connectivity index (χ1v) is 12.6. The quantitative estimate of drug-likeness (QED) is 0.315. The Balaban J connectivity index is 1.43. The van der Waals surface area contributed by atoms with Gasteiger partial charge in [0, 0.05) is 23.7 Å².